The zero-order chi connectivity index (χ0) is 17.2. The van der Waals surface area contributed by atoms with E-state index in [9.17, 15) is 0 Å². The number of rotatable bonds is 4. The van der Waals surface area contributed by atoms with Crippen LogP contribution in [0.4, 0.5) is 0 Å². The summed E-state index contributed by atoms with van der Waals surface area (Å²) in [6.07, 6.45) is 3.61. The minimum atomic E-state index is -0.0212. The van der Waals surface area contributed by atoms with Crippen molar-refractivity contribution in [1.82, 2.24) is 20.2 Å². The highest BCUT2D eigenvalue weighted by atomic mass is 35.5. The van der Waals surface area contributed by atoms with Crippen LogP contribution in [0, 0.1) is 0 Å². The van der Waals surface area contributed by atoms with Gasteiger partial charge < -0.3 is 10.2 Å². The fraction of sp³-hybridized carbons (Fsp3) is 0.167. The number of halogens is 1. The van der Waals surface area contributed by atoms with E-state index in [0.717, 1.165) is 20.6 Å². The van der Waals surface area contributed by atoms with Gasteiger partial charge in [0, 0.05) is 17.3 Å². The average molecular weight is 387 g/mol. The van der Waals surface area contributed by atoms with E-state index in [2.05, 4.69) is 26.3 Å². The van der Waals surface area contributed by atoms with Crippen LogP contribution in [0.1, 0.15) is 28.3 Å². The maximum absolute atomic E-state index is 6.20. The lowest BCUT2D eigenvalue weighted by Crippen LogP contribution is -2.29. The predicted molar refractivity (Wildman–Crippen MR) is 105 cm³/mol. The molecular weight excluding hydrogens is 372 g/mol. The molecule has 1 fully saturated rings. The minimum absolute atomic E-state index is 0.0212. The third kappa shape index (κ3) is 3.38. The zero-order valence-corrected chi connectivity index (χ0v) is 15.6. The smallest absolute Gasteiger partial charge is 0.170 e. The monoisotopic (exact) mass is 386 g/mol. The molecule has 0 aliphatic carbocycles. The Balaban J connectivity index is 1.72. The molecule has 0 bridgehead atoms. The number of hydrogen-bond acceptors (Lipinski definition) is 4. The largest absolute Gasteiger partial charge is 0.352 e. The summed E-state index contributed by atoms with van der Waals surface area (Å²) in [7, 11) is 0. The Morgan fingerprint density at radius 3 is 2.52 bits per heavy atom. The van der Waals surface area contributed by atoms with Crippen LogP contribution >= 0.6 is 35.2 Å². The van der Waals surface area contributed by atoms with Crippen LogP contribution in [0.3, 0.4) is 0 Å². The van der Waals surface area contributed by atoms with Crippen molar-refractivity contribution in [3.05, 3.63) is 81.5 Å². The van der Waals surface area contributed by atoms with Crippen molar-refractivity contribution >= 4 is 40.3 Å². The summed E-state index contributed by atoms with van der Waals surface area (Å²) in [6.45, 7) is 0.635. The van der Waals surface area contributed by atoms with E-state index in [-0.39, 0.29) is 12.1 Å². The molecule has 126 valence electrons. The van der Waals surface area contributed by atoms with Gasteiger partial charge >= 0.3 is 0 Å². The summed E-state index contributed by atoms with van der Waals surface area (Å²) >= 11 is 13.4. The van der Waals surface area contributed by atoms with Crippen LogP contribution in [0.5, 0.6) is 0 Å². The molecule has 0 unspecified atom stereocenters. The van der Waals surface area contributed by atoms with Gasteiger partial charge in [-0.2, -0.15) is 0 Å². The number of nitrogens with one attached hydrogen (secondary N) is 1. The number of aromatic nitrogens is 2. The average Bonchev–Trinajstić information content (AvgIpc) is 3.20. The van der Waals surface area contributed by atoms with E-state index in [4.69, 9.17) is 23.8 Å². The van der Waals surface area contributed by atoms with Gasteiger partial charge in [-0.25, -0.2) is 0 Å². The molecule has 0 aromatic carbocycles. The van der Waals surface area contributed by atoms with Gasteiger partial charge in [0.05, 0.1) is 34.4 Å². The molecule has 3 aromatic heterocycles. The van der Waals surface area contributed by atoms with E-state index in [1.165, 1.54) is 0 Å². The maximum atomic E-state index is 6.20. The Kier molecular flexibility index (Phi) is 4.65. The number of hydrogen-bond donors (Lipinski definition) is 1. The first-order valence-corrected chi connectivity index (χ1v) is 9.46. The van der Waals surface area contributed by atoms with E-state index in [1.807, 2.05) is 42.5 Å². The number of pyridine rings is 2. The standard InChI is InChI=1S/C18H15ClN4S2/c19-15-8-7-14(25-15)17-16(13-6-2-4-10-21-13)22-18(24)23(17)11-12-5-1-3-9-20-12/h1-10,16-17H,11H2,(H,22,24)/t16-,17-/m0/s1. The first-order valence-electron chi connectivity index (χ1n) is 7.85. The van der Waals surface area contributed by atoms with Gasteiger partial charge in [-0.1, -0.05) is 23.7 Å². The first kappa shape index (κ1) is 16.4. The SMILES string of the molecule is S=C1N[C@@H](c2ccccn2)[C@H](c2ccc(Cl)s2)N1Cc1ccccn1. The summed E-state index contributed by atoms with van der Waals surface area (Å²) in [5.74, 6) is 0. The summed E-state index contributed by atoms with van der Waals surface area (Å²) in [5.41, 5.74) is 1.93. The lowest BCUT2D eigenvalue weighted by Gasteiger charge is -2.26. The van der Waals surface area contributed by atoms with Crippen LogP contribution in [0.25, 0.3) is 0 Å². The molecule has 25 heavy (non-hydrogen) atoms. The van der Waals surface area contributed by atoms with Crippen LogP contribution in [-0.4, -0.2) is 20.0 Å². The molecule has 4 heterocycles. The number of thiocarbonyl (C=S) groups is 1. The second-order valence-electron chi connectivity index (χ2n) is 5.72. The summed E-state index contributed by atoms with van der Waals surface area (Å²) < 4.78 is 0.769. The van der Waals surface area contributed by atoms with Gasteiger partial charge in [0.25, 0.3) is 0 Å². The minimum Gasteiger partial charge on any atom is -0.352 e. The fourth-order valence-corrected chi connectivity index (χ4v) is 4.55. The van der Waals surface area contributed by atoms with E-state index >= 15 is 0 Å². The van der Waals surface area contributed by atoms with Gasteiger partial charge in [0.15, 0.2) is 5.11 Å². The Morgan fingerprint density at radius 2 is 1.88 bits per heavy atom. The van der Waals surface area contributed by atoms with Crippen LogP contribution in [0.2, 0.25) is 4.34 Å². The third-order valence-corrected chi connectivity index (χ3v) is 5.80. The molecule has 1 N–H and O–H groups in total. The molecule has 1 aliphatic rings. The van der Waals surface area contributed by atoms with Crippen molar-refractivity contribution < 1.29 is 0 Å². The van der Waals surface area contributed by atoms with Crippen LogP contribution in [-0.2, 0) is 6.54 Å². The summed E-state index contributed by atoms with van der Waals surface area (Å²) in [4.78, 5) is 12.3. The van der Waals surface area contributed by atoms with Crippen molar-refractivity contribution in [3.8, 4) is 0 Å². The molecule has 0 saturated carbocycles. The Hall–Kier alpha value is -2.02. The van der Waals surface area contributed by atoms with Crippen molar-refractivity contribution in [2.75, 3.05) is 0 Å². The van der Waals surface area contributed by atoms with E-state index in [0.29, 0.717) is 11.7 Å². The number of thiophene rings is 1. The summed E-state index contributed by atoms with van der Waals surface area (Å²) in [5, 5.41) is 4.13. The second kappa shape index (κ2) is 7.07. The number of nitrogens with zero attached hydrogens (tertiary/aromatic N) is 3. The lowest BCUT2D eigenvalue weighted by atomic mass is 10.0. The van der Waals surface area contributed by atoms with E-state index in [1.54, 1.807) is 23.7 Å². The molecule has 2 atom stereocenters. The second-order valence-corrected chi connectivity index (χ2v) is 7.85. The Bertz CT molecular complexity index is 869. The van der Waals surface area contributed by atoms with Gasteiger partial charge in [0.1, 0.15) is 0 Å². The molecule has 3 aromatic rings. The highest BCUT2D eigenvalue weighted by molar-refractivity contribution is 7.80. The van der Waals surface area contributed by atoms with Gasteiger partial charge in [-0.15, -0.1) is 11.3 Å². The van der Waals surface area contributed by atoms with Crippen LogP contribution < -0.4 is 5.32 Å². The molecule has 0 spiro atoms. The Morgan fingerprint density at radius 1 is 1.08 bits per heavy atom. The predicted octanol–water partition coefficient (Wildman–Crippen LogP) is 4.36. The molecular formula is C18H15ClN4S2. The van der Waals surface area contributed by atoms with Crippen molar-refractivity contribution in [1.29, 1.82) is 0 Å². The normalized spacial score (nSPS) is 19.9. The summed E-state index contributed by atoms with van der Waals surface area (Å²) in [6, 6.07) is 15.8. The molecule has 0 radical (unpaired) electrons. The first-order chi connectivity index (χ1) is 12.2. The maximum Gasteiger partial charge on any atom is 0.170 e. The third-order valence-electron chi connectivity index (χ3n) is 4.14. The zero-order valence-electron chi connectivity index (χ0n) is 13.2. The van der Waals surface area contributed by atoms with Crippen molar-refractivity contribution in [2.24, 2.45) is 0 Å². The molecule has 7 heteroatoms. The topological polar surface area (TPSA) is 41.1 Å². The lowest BCUT2D eigenvalue weighted by molar-refractivity contribution is 0.312. The Labute approximate surface area is 160 Å². The molecule has 4 nitrogen and oxygen atoms in total. The van der Waals surface area contributed by atoms with Gasteiger partial charge in [-0.05, 0) is 48.6 Å². The quantitative estimate of drug-likeness (QED) is 0.674. The van der Waals surface area contributed by atoms with Crippen LogP contribution in [0.15, 0.2) is 60.9 Å². The van der Waals surface area contributed by atoms with Gasteiger partial charge in [-0.3, -0.25) is 9.97 Å². The highest BCUT2D eigenvalue weighted by Gasteiger charge is 2.40. The fourth-order valence-electron chi connectivity index (χ4n) is 3.04. The van der Waals surface area contributed by atoms with Gasteiger partial charge in [0.2, 0.25) is 0 Å². The molecule has 1 saturated heterocycles. The van der Waals surface area contributed by atoms with Crippen molar-refractivity contribution in [3.63, 3.8) is 0 Å². The van der Waals surface area contributed by atoms with E-state index < -0.39 is 0 Å². The highest BCUT2D eigenvalue weighted by Crippen LogP contribution is 2.42. The molecule has 1 aliphatic heterocycles. The molecule has 4 rings (SSSR count). The van der Waals surface area contributed by atoms with Crippen molar-refractivity contribution in [2.45, 2.75) is 18.6 Å². The molecule has 0 amide bonds.